The quantitative estimate of drug-likeness (QED) is 0.754. The molecule has 7 heteroatoms. The van der Waals surface area contributed by atoms with Gasteiger partial charge in [0.1, 0.15) is 6.33 Å². The molecular weight excluding hydrogens is 204 g/mol. The third kappa shape index (κ3) is 2.04. The average Bonchev–Trinajstić information content (AvgIpc) is 2.67. The van der Waals surface area contributed by atoms with Gasteiger partial charge < -0.3 is 5.73 Å². The summed E-state index contributed by atoms with van der Waals surface area (Å²) in [6.45, 7) is 0.319. The van der Waals surface area contributed by atoms with Crippen molar-refractivity contribution in [3.8, 4) is 5.95 Å². The zero-order valence-corrected chi connectivity index (χ0v) is 8.05. The normalized spacial score (nSPS) is 9.50. The van der Waals surface area contributed by atoms with Crippen LogP contribution in [-0.4, -0.2) is 24.7 Å². The summed E-state index contributed by atoms with van der Waals surface area (Å²) in [4.78, 5) is 12.0. The van der Waals surface area contributed by atoms with E-state index >= 15 is 0 Å². The standard InChI is InChI=1S/C7H8N6.ClH/c8-4-6-11-5-13(12-6)7-9-2-1-3-10-7;/h1-3,5H,4,8H2;1H. The molecule has 14 heavy (non-hydrogen) atoms. The smallest absolute Gasteiger partial charge is 0.251 e. The molecular formula is C7H9ClN6. The van der Waals surface area contributed by atoms with Crippen molar-refractivity contribution in [1.82, 2.24) is 24.7 Å². The topological polar surface area (TPSA) is 82.5 Å². The van der Waals surface area contributed by atoms with Gasteiger partial charge in [-0.05, 0) is 6.07 Å². The Morgan fingerprint density at radius 1 is 1.21 bits per heavy atom. The van der Waals surface area contributed by atoms with E-state index in [-0.39, 0.29) is 12.4 Å². The highest BCUT2D eigenvalue weighted by Crippen LogP contribution is 1.95. The fraction of sp³-hybridized carbons (Fsp3) is 0.143. The van der Waals surface area contributed by atoms with Gasteiger partial charge in [-0.15, -0.1) is 17.5 Å². The Bertz CT molecular complexity index is 386. The summed E-state index contributed by atoms with van der Waals surface area (Å²) >= 11 is 0. The Morgan fingerprint density at radius 3 is 2.50 bits per heavy atom. The molecule has 0 bridgehead atoms. The van der Waals surface area contributed by atoms with E-state index in [1.54, 1.807) is 18.5 Å². The molecule has 0 atom stereocenters. The van der Waals surface area contributed by atoms with Crippen LogP contribution in [0.5, 0.6) is 0 Å². The van der Waals surface area contributed by atoms with Gasteiger partial charge in [0.25, 0.3) is 5.95 Å². The maximum atomic E-state index is 5.36. The summed E-state index contributed by atoms with van der Waals surface area (Å²) in [7, 11) is 0. The lowest BCUT2D eigenvalue weighted by molar-refractivity contribution is 0.780. The minimum atomic E-state index is 0. The molecule has 2 N–H and O–H groups in total. The first-order chi connectivity index (χ1) is 6.40. The van der Waals surface area contributed by atoms with Crippen LogP contribution < -0.4 is 5.73 Å². The van der Waals surface area contributed by atoms with E-state index < -0.39 is 0 Å². The van der Waals surface area contributed by atoms with Crippen molar-refractivity contribution in [2.24, 2.45) is 5.73 Å². The van der Waals surface area contributed by atoms with Gasteiger partial charge in [-0.2, -0.15) is 4.68 Å². The number of hydrogen-bond acceptors (Lipinski definition) is 5. The highest BCUT2D eigenvalue weighted by molar-refractivity contribution is 5.85. The Hall–Kier alpha value is -1.53. The molecule has 2 heterocycles. The zero-order valence-electron chi connectivity index (χ0n) is 7.24. The average molecular weight is 213 g/mol. The molecule has 2 rings (SSSR count). The Kier molecular flexibility index (Phi) is 3.49. The SMILES string of the molecule is Cl.NCc1ncn(-c2ncccn2)n1. The largest absolute Gasteiger partial charge is 0.324 e. The summed E-state index contributed by atoms with van der Waals surface area (Å²) in [6.07, 6.45) is 4.83. The predicted octanol–water partition coefficient (Wildman–Crippen LogP) is -0.0622. The van der Waals surface area contributed by atoms with Gasteiger partial charge in [0, 0.05) is 12.4 Å². The summed E-state index contributed by atoms with van der Waals surface area (Å²) in [5.74, 6) is 1.07. The number of nitrogens with zero attached hydrogens (tertiary/aromatic N) is 5. The highest BCUT2D eigenvalue weighted by atomic mass is 35.5. The first kappa shape index (κ1) is 10.6. The van der Waals surface area contributed by atoms with E-state index in [0.717, 1.165) is 0 Å². The third-order valence-corrected chi connectivity index (χ3v) is 1.48. The van der Waals surface area contributed by atoms with Gasteiger partial charge in [0.15, 0.2) is 5.82 Å². The van der Waals surface area contributed by atoms with Crippen LogP contribution >= 0.6 is 12.4 Å². The lowest BCUT2D eigenvalue weighted by Gasteiger charge is -1.94. The van der Waals surface area contributed by atoms with Crippen LogP contribution in [0.4, 0.5) is 0 Å². The maximum absolute atomic E-state index is 5.36. The van der Waals surface area contributed by atoms with Crippen molar-refractivity contribution in [2.45, 2.75) is 6.54 Å². The van der Waals surface area contributed by atoms with E-state index in [9.17, 15) is 0 Å². The second kappa shape index (κ2) is 4.64. The van der Waals surface area contributed by atoms with Crippen LogP contribution in [0.1, 0.15) is 5.82 Å². The number of aromatic nitrogens is 5. The second-order valence-corrected chi connectivity index (χ2v) is 2.36. The van der Waals surface area contributed by atoms with Crippen LogP contribution in [0, 0.1) is 0 Å². The molecule has 0 unspecified atom stereocenters. The Labute approximate surface area is 86.6 Å². The molecule has 0 radical (unpaired) electrons. The van der Waals surface area contributed by atoms with Gasteiger partial charge >= 0.3 is 0 Å². The molecule has 0 amide bonds. The summed E-state index contributed by atoms with van der Waals surface area (Å²) in [5, 5.41) is 4.05. The summed E-state index contributed by atoms with van der Waals surface area (Å²) in [5.41, 5.74) is 5.36. The molecule has 0 fully saturated rings. The van der Waals surface area contributed by atoms with Crippen molar-refractivity contribution in [3.05, 3.63) is 30.6 Å². The molecule has 0 saturated carbocycles. The van der Waals surface area contributed by atoms with Crippen molar-refractivity contribution >= 4 is 12.4 Å². The van der Waals surface area contributed by atoms with E-state index in [4.69, 9.17) is 5.73 Å². The zero-order chi connectivity index (χ0) is 9.10. The second-order valence-electron chi connectivity index (χ2n) is 2.36. The number of hydrogen-bond donors (Lipinski definition) is 1. The van der Waals surface area contributed by atoms with Crippen molar-refractivity contribution in [2.75, 3.05) is 0 Å². The molecule has 0 saturated heterocycles. The van der Waals surface area contributed by atoms with Crippen LogP contribution in [0.3, 0.4) is 0 Å². The first-order valence-electron chi connectivity index (χ1n) is 3.78. The lowest BCUT2D eigenvalue weighted by atomic mass is 10.6. The third-order valence-electron chi connectivity index (χ3n) is 1.48. The summed E-state index contributed by atoms with van der Waals surface area (Å²) in [6, 6.07) is 1.74. The highest BCUT2D eigenvalue weighted by Gasteiger charge is 2.01. The van der Waals surface area contributed by atoms with Crippen LogP contribution in [-0.2, 0) is 6.54 Å². The fourth-order valence-corrected chi connectivity index (χ4v) is 0.897. The predicted molar refractivity (Wildman–Crippen MR) is 52.1 cm³/mol. The number of halogens is 1. The fourth-order valence-electron chi connectivity index (χ4n) is 0.897. The molecule has 2 aromatic rings. The van der Waals surface area contributed by atoms with Crippen LogP contribution in [0.2, 0.25) is 0 Å². The van der Waals surface area contributed by atoms with Crippen molar-refractivity contribution < 1.29 is 0 Å². The number of nitrogens with two attached hydrogens (primary N) is 1. The van der Waals surface area contributed by atoms with Gasteiger partial charge in [-0.3, -0.25) is 0 Å². The van der Waals surface area contributed by atoms with Crippen molar-refractivity contribution in [3.63, 3.8) is 0 Å². The molecule has 2 aromatic heterocycles. The number of rotatable bonds is 2. The first-order valence-corrected chi connectivity index (χ1v) is 3.78. The monoisotopic (exact) mass is 212 g/mol. The van der Waals surface area contributed by atoms with Gasteiger partial charge in [-0.25, -0.2) is 15.0 Å². The van der Waals surface area contributed by atoms with E-state index in [0.29, 0.717) is 18.3 Å². The molecule has 0 spiro atoms. The van der Waals surface area contributed by atoms with Gasteiger partial charge in [0.2, 0.25) is 0 Å². The minimum absolute atomic E-state index is 0. The minimum Gasteiger partial charge on any atom is -0.324 e. The summed E-state index contributed by atoms with van der Waals surface area (Å²) < 4.78 is 1.49. The molecule has 0 aromatic carbocycles. The van der Waals surface area contributed by atoms with Crippen molar-refractivity contribution in [1.29, 1.82) is 0 Å². The van der Waals surface area contributed by atoms with Crippen LogP contribution in [0.25, 0.3) is 5.95 Å². The van der Waals surface area contributed by atoms with Crippen LogP contribution in [0.15, 0.2) is 24.8 Å². The maximum Gasteiger partial charge on any atom is 0.251 e. The molecule has 6 nitrogen and oxygen atoms in total. The van der Waals surface area contributed by atoms with Gasteiger partial charge in [-0.1, -0.05) is 0 Å². The Morgan fingerprint density at radius 2 is 1.93 bits per heavy atom. The molecule has 0 aliphatic rings. The van der Waals surface area contributed by atoms with E-state index in [2.05, 4.69) is 20.1 Å². The lowest BCUT2D eigenvalue weighted by Crippen LogP contribution is -2.03. The van der Waals surface area contributed by atoms with E-state index in [1.165, 1.54) is 11.0 Å². The van der Waals surface area contributed by atoms with E-state index in [1.807, 2.05) is 0 Å². The van der Waals surface area contributed by atoms with Gasteiger partial charge in [0.05, 0.1) is 6.54 Å². The Balaban J connectivity index is 0.000000980. The molecule has 0 aliphatic heterocycles. The molecule has 0 aliphatic carbocycles. The molecule has 74 valence electrons.